The van der Waals surface area contributed by atoms with Crippen LogP contribution in [-0.2, 0) is 19.4 Å². The van der Waals surface area contributed by atoms with E-state index in [0.29, 0.717) is 0 Å². The van der Waals surface area contributed by atoms with Crippen molar-refractivity contribution in [2.45, 2.75) is 18.2 Å². The van der Waals surface area contributed by atoms with E-state index in [1.165, 1.54) is 12.1 Å². The van der Waals surface area contributed by atoms with Crippen LogP contribution in [0.25, 0.3) is 0 Å². The van der Waals surface area contributed by atoms with Crippen LogP contribution in [-0.4, -0.2) is 49.1 Å². The molecule has 0 heterocycles. The Morgan fingerprint density at radius 1 is 1.20 bits per heavy atom. The van der Waals surface area contributed by atoms with E-state index in [-0.39, 0.29) is 23.6 Å². The molecule has 0 aromatic heterocycles. The lowest BCUT2D eigenvalue weighted by Gasteiger charge is -2.18. The third kappa shape index (κ3) is 4.65. The minimum atomic E-state index is -3.52. The van der Waals surface area contributed by atoms with Crippen LogP contribution in [0.3, 0.4) is 0 Å². The number of carboxylic acids is 1. The zero-order valence-electron chi connectivity index (χ0n) is 11.2. The molecule has 0 fully saturated rings. The van der Waals surface area contributed by atoms with Gasteiger partial charge in [0, 0.05) is 13.0 Å². The predicted molar refractivity (Wildman–Crippen MR) is 73.0 cm³/mol. The molecule has 0 saturated carbocycles. The minimum absolute atomic E-state index is 0.161. The fourth-order valence-corrected chi connectivity index (χ4v) is 2.92. The van der Waals surface area contributed by atoms with Gasteiger partial charge in [-0.05, 0) is 19.1 Å². The Morgan fingerprint density at radius 2 is 1.80 bits per heavy atom. The van der Waals surface area contributed by atoms with Gasteiger partial charge in [0.25, 0.3) is 0 Å². The Morgan fingerprint density at radius 3 is 2.30 bits per heavy atom. The van der Waals surface area contributed by atoms with Gasteiger partial charge in [0.2, 0.25) is 5.91 Å². The van der Waals surface area contributed by atoms with Crippen molar-refractivity contribution < 1.29 is 23.1 Å². The summed E-state index contributed by atoms with van der Waals surface area (Å²) in [7, 11) is -3.52. The number of hydrogen-bond acceptors (Lipinski definition) is 4. The molecule has 0 aliphatic carbocycles. The van der Waals surface area contributed by atoms with Crippen LogP contribution in [0.2, 0.25) is 0 Å². The first kappa shape index (κ1) is 16.2. The van der Waals surface area contributed by atoms with Crippen molar-refractivity contribution in [1.29, 1.82) is 0 Å². The van der Waals surface area contributed by atoms with Gasteiger partial charge in [-0.3, -0.25) is 9.59 Å². The average molecular weight is 299 g/mol. The highest BCUT2D eigenvalue weighted by Gasteiger charge is 2.20. The van der Waals surface area contributed by atoms with Gasteiger partial charge in [-0.2, -0.15) is 0 Å². The number of aliphatic carboxylic acids is 1. The number of sulfone groups is 1. The summed E-state index contributed by atoms with van der Waals surface area (Å²) < 4.78 is 24.0. The molecule has 110 valence electrons. The highest BCUT2D eigenvalue weighted by atomic mass is 32.2. The monoisotopic (exact) mass is 299 g/mol. The van der Waals surface area contributed by atoms with Crippen molar-refractivity contribution in [3.8, 4) is 0 Å². The van der Waals surface area contributed by atoms with Crippen LogP contribution >= 0.6 is 0 Å². The fourth-order valence-electron chi connectivity index (χ4n) is 1.67. The lowest BCUT2D eigenvalue weighted by Crippen LogP contribution is -2.36. The summed E-state index contributed by atoms with van der Waals surface area (Å²) in [6.45, 7) is 1.46. The van der Waals surface area contributed by atoms with E-state index in [1.807, 2.05) is 0 Å². The van der Waals surface area contributed by atoms with Crippen molar-refractivity contribution in [1.82, 2.24) is 4.90 Å². The third-order valence-electron chi connectivity index (χ3n) is 2.75. The molecular formula is C13H17NO5S. The van der Waals surface area contributed by atoms with Gasteiger partial charge in [-0.25, -0.2) is 8.42 Å². The first-order chi connectivity index (χ1) is 9.36. The number of benzene rings is 1. The second-order valence-electron chi connectivity index (χ2n) is 4.18. The maximum Gasteiger partial charge on any atom is 0.323 e. The number of likely N-dealkylation sites (N-methyl/N-ethyl adjacent to an activating group) is 1. The normalized spacial score (nSPS) is 11.1. The molecule has 0 unspecified atom stereocenters. The summed E-state index contributed by atoms with van der Waals surface area (Å²) in [4.78, 5) is 23.6. The number of hydrogen-bond donors (Lipinski definition) is 1. The number of carbonyl (C=O) groups excluding carboxylic acids is 1. The quantitative estimate of drug-likeness (QED) is 0.803. The van der Waals surface area contributed by atoms with Gasteiger partial charge < -0.3 is 10.0 Å². The number of carbonyl (C=O) groups is 2. The Labute approximate surface area is 117 Å². The van der Waals surface area contributed by atoms with Crippen LogP contribution in [0, 0.1) is 0 Å². The summed E-state index contributed by atoms with van der Waals surface area (Å²) in [6, 6.07) is 7.86. The molecule has 0 aliphatic heterocycles. The van der Waals surface area contributed by atoms with Crippen LogP contribution in [0.4, 0.5) is 0 Å². The summed E-state index contributed by atoms with van der Waals surface area (Å²) in [5.74, 6) is -1.92. The molecule has 1 N–H and O–H groups in total. The summed E-state index contributed by atoms with van der Waals surface area (Å²) >= 11 is 0. The zero-order valence-corrected chi connectivity index (χ0v) is 12.0. The number of carboxylic acid groups (broad SMARTS) is 1. The van der Waals surface area contributed by atoms with Crippen molar-refractivity contribution in [3.05, 3.63) is 30.3 Å². The number of nitrogens with zero attached hydrogens (tertiary/aromatic N) is 1. The van der Waals surface area contributed by atoms with Gasteiger partial charge in [-0.1, -0.05) is 18.2 Å². The SMILES string of the molecule is CCN(CC(=O)O)C(=O)CCS(=O)(=O)c1ccccc1. The van der Waals surface area contributed by atoms with E-state index < -0.39 is 28.3 Å². The smallest absolute Gasteiger partial charge is 0.323 e. The van der Waals surface area contributed by atoms with Crippen molar-refractivity contribution in [2.75, 3.05) is 18.8 Å². The molecule has 6 nitrogen and oxygen atoms in total. The molecule has 1 rings (SSSR count). The van der Waals surface area contributed by atoms with Gasteiger partial charge in [0.1, 0.15) is 6.54 Å². The maximum absolute atomic E-state index is 12.0. The summed E-state index contributed by atoms with van der Waals surface area (Å²) in [5.41, 5.74) is 0. The molecule has 0 spiro atoms. The molecule has 0 aliphatic rings. The lowest BCUT2D eigenvalue weighted by atomic mass is 10.4. The first-order valence-corrected chi connectivity index (χ1v) is 7.79. The highest BCUT2D eigenvalue weighted by molar-refractivity contribution is 7.91. The average Bonchev–Trinajstić information content (AvgIpc) is 2.43. The molecule has 1 aromatic carbocycles. The van der Waals surface area contributed by atoms with E-state index in [1.54, 1.807) is 25.1 Å². The summed E-state index contributed by atoms with van der Waals surface area (Å²) in [6.07, 6.45) is -0.224. The van der Waals surface area contributed by atoms with E-state index in [4.69, 9.17) is 5.11 Å². The van der Waals surface area contributed by atoms with Gasteiger partial charge in [0.15, 0.2) is 9.84 Å². The minimum Gasteiger partial charge on any atom is -0.480 e. The second kappa shape index (κ2) is 7.04. The predicted octanol–water partition coefficient (Wildman–Crippen LogP) is 0.783. The third-order valence-corrected chi connectivity index (χ3v) is 4.48. The molecular weight excluding hydrogens is 282 g/mol. The standard InChI is InChI=1S/C13H17NO5S/c1-2-14(10-13(16)17)12(15)8-9-20(18,19)11-6-4-3-5-7-11/h3-7H,2,8-10H2,1H3,(H,16,17). The molecule has 0 radical (unpaired) electrons. The molecule has 0 atom stereocenters. The topological polar surface area (TPSA) is 91.8 Å². The van der Waals surface area contributed by atoms with Crippen molar-refractivity contribution in [2.24, 2.45) is 0 Å². The molecule has 20 heavy (non-hydrogen) atoms. The molecule has 7 heteroatoms. The number of rotatable bonds is 7. The van der Waals surface area contributed by atoms with Gasteiger partial charge in [-0.15, -0.1) is 0 Å². The van der Waals surface area contributed by atoms with E-state index >= 15 is 0 Å². The Balaban J connectivity index is 2.66. The van der Waals surface area contributed by atoms with E-state index in [0.717, 1.165) is 4.90 Å². The molecule has 1 aromatic rings. The van der Waals surface area contributed by atoms with Crippen molar-refractivity contribution >= 4 is 21.7 Å². The number of amides is 1. The van der Waals surface area contributed by atoms with Crippen molar-refractivity contribution in [3.63, 3.8) is 0 Å². The van der Waals surface area contributed by atoms with E-state index in [2.05, 4.69) is 0 Å². The maximum atomic E-state index is 12.0. The molecule has 1 amide bonds. The highest BCUT2D eigenvalue weighted by Crippen LogP contribution is 2.11. The zero-order chi connectivity index (χ0) is 15.2. The Kier molecular flexibility index (Phi) is 5.69. The van der Waals surface area contributed by atoms with Crippen LogP contribution in [0.15, 0.2) is 35.2 Å². The van der Waals surface area contributed by atoms with Crippen LogP contribution in [0.5, 0.6) is 0 Å². The Bertz CT molecular complexity index is 568. The lowest BCUT2D eigenvalue weighted by molar-refractivity contribution is -0.144. The van der Waals surface area contributed by atoms with Gasteiger partial charge in [0.05, 0.1) is 10.6 Å². The van der Waals surface area contributed by atoms with E-state index in [9.17, 15) is 18.0 Å². The van der Waals surface area contributed by atoms with Crippen LogP contribution < -0.4 is 0 Å². The molecule has 0 saturated heterocycles. The summed E-state index contributed by atoms with van der Waals surface area (Å²) in [5, 5.41) is 8.66. The van der Waals surface area contributed by atoms with Crippen LogP contribution in [0.1, 0.15) is 13.3 Å². The van der Waals surface area contributed by atoms with Gasteiger partial charge >= 0.3 is 5.97 Å². The largest absolute Gasteiger partial charge is 0.480 e. The first-order valence-electron chi connectivity index (χ1n) is 6.14. The fraction of sp³-hybridized carbons (Fsp3) is 0.385. The second-order valence-corrected chi connectivity index (χ2v) is 6.29. The molecule has 0 bridgehead atoms. The Hall–Kier alpha value is -1.89.